The topological polar surface area (TPSA) is 89.9 Å². The zero-order valence-corrected chi connectivity index (χ0v) is 16.7. The van der Waals surface area contributed by atoms with Crippen molar-refractivity contribution in [2.75, 3.05) is 13.2 Å². The van der Waals surface area contributed by atoms with Gasteiger partial charge in [0.05, 0.1) is 18.4 Å². The summed E-state index contributed by atoms with van der Waals surface area (Å²) in [6.45, 7) is 3.24. The first-order valence-electron chi connectivity index (χ1n) is 9.65. The molecule has 2 aromatic rings. The molecule has 0 aromatic heterocycles. The molecule has 0 aliphatic heterocycles. The van der Waals surface area contributed by atoms with Crippen molar-refractivity contribution in [3.8, 4) is 5.75 Å². The predicted octanol–water partition coefficient (Wildman–Crippen LogP) is 3.41. The van der Waals surface area contributed by atoms with Gasteiger partial charge in [-0.15, -0.1) is 0 Å². The van der Waals surface area contributed by atoms with E-state index in [-0.39, 0.29) is 19.0 Å². The quantitative estimate of drug-likeness (QED) is 0.375. The fourth-order valence-electron chi connectivity index (χ4n) is 2.86. The Morgan fingerprint density at radius 1 is 0.931 bits per heavy atom. The number of aliphatic hydroxyl groups excluding tert-OH is 1. The van der Waals surface area contributed by atoms with Gasteiger partial charge in [0.1, 0.15) is 12.4 Å². The van der Waals surface area contributed by atoms with Crippen molar-refractivity contribution in [2.24, 2.45) is 11.8 Å². The van der Waals surface area contributed by atoms with E-state index in [1.54, 1.807) is 55.5 Å². The maximum absolute atomic E-state index is 12.4. The molecule has 0 radical (unpaired) electrons. The zero-order valence-electron chi connectivity index (χ0n) is 16.7. The maximum atomic E-state index is 12.4. The van der Waals surface area contributed by atoms with E-state index in [0.29, 0.717) is 29.7 Å². The molecule has 2 rings (SSSR count). The van der Waals surface area contributed by atoms with E-state index < -0.39 is 23.8 Å². The lowest BCUT2D eigenvalue weighted by Crippen LogP contribution is -2.26. The number of benzene rings is 2. The molecule has 0 spiro atoms. The van der Waals surface area contributed by atoms with Crippen molar-refractivity contribution >= 4 is 17.7 Å². The molecule has 2 unspecified atom stereocenters. The van der Waals surface area contributed by atoms with E-state index in [1.807, 2.05) is 13.0 Å². The molecule has 6 nitrogen and oxygen atoms in total. The van der Waals surface area contributed by atoms with Crippen molar-refractivity contribution in [2.45, 2.75) is 26.7 Å². The summed E-state index contributed by atoms with van der Waals surface area (Å²) in [7, 11) is 0. The molecule has 0 bridgehead atoms. The Hall–Kier alpha value is -2.99. The third-order valence-electron chi connectivity index (χ3n) is 4.57. The van der Waals surface area contributed by atoms with Crippen molar-refractivity contribution in [3.63, 3.8) is 0 Å². The van der Waals surface area contributed by atoms with Crippen LogP contribution < -0.4 is 4.74 Å². The van der Waals surface area contributed by atoms with E-state index in [1.165, 1.54) is 0 Å². The van der Waals surface area contributed by atoms with Crippen LogP contribution in [0.15, 0.2) is 54.6 Å². The molecule has 6 heteroatoms. The Balaban J connectivity index is 1.94. The molecule has 0 aliphatic carbocycles. The summed E-state index contributed by atoms with van der Waals surface area (Å²) >= 11 is 0. The molecule has 0 saturated carbocycles. The average molecular weight is 398 g/mol. The van der Waals surface area contributed by atoms with Crippen LogP contribution in [0.1, 0.15) is 42.6 Å². The van der Waals surface area contributed by atoms with Crippen LogP contribution in [-0.4, -0.2) is 36.0 Å². The Morgan fingerprint density at radius 3 is 2.14 bits per heavy atom. The SMILES string of the molecule is CCC(CC(C)C(=O)Oc1ccc(C(=O)c2ccccc2)cc1)C(=O)OCCO. The van der Waals surface area contributed by atoms with Gasteiger partial charge in [-0.25, -0.2) is 0 Å². The maximum Gasteiger partial charge on any atom is 0.314 e. The van der Waals surface area contributed by atoms with Gasteiger partial charge in [-0.2, -0.15) is 0 Å². The number of hydrogen-bond donors (Lipinski definition) is 1. The molecular weight excluding hydrogens is 372 g/mol. The monoisotopic (exact) mass is 398 g/mol. The molecule has 29 heavy (non-hydrogen) atoms. The van der Waals surface area contributed by atoms with Crippen LogP contribution >= 0.6 is 0 Å². The molecule has 0 saturated heterocycles. The van der Waals surface area contributed by atoms with Crippen molar-refractivity contribution in [3.05, 3.63) is 65.7 Å². The van der Waals surface area contributed by atoms with Crippen LogP contribution in [0.5, 0.6) is 5.75 Å². The minimum absolute atomic E-state index is 0.0534. The molecule has 2 atom stereocenters. The first kappa shape index (κ1) is 22.3. The van der Waals surface area contributed by atoms with Crippen LogP contribution in [0.2, 0.25) is 0 Å². The summed E-state index contributed by atoms with van der Waals surface area (Å²) in [5, 5.41) is 8.75. The number of ketones is 1. The van der Waals surface area contributed by atoms with Crippen molar-refractivity contribution in [1.29, 1.82) is 0 Å². The summed E-state index contributed by atoms with van der Waals surface area (Å²) in [4.78, 5) is 36.7. The summed E-state index contributed by atoms with van der Waals surface area (Å²) in [5.41, 5.74) is 1.09. The van der Waals surface area contributed by atoms with Crippen LogP contribution in [0, 0.1) is 11.8 Å². The lowest BCUT2D eigenvalue weighted by atomic mass is 9.94. The highest BCUT2D eigenvalue weighted by Crippen LogP contribution is 2.21. The molecule has 0 heterocycles. The van der Waals surface area contributed by atoms with E-state index >= 15 is 0 Å². The third kappa shape index (κ3) is 6.54. The van der Waals surface area contributed by atoms with Gasteiger partial charge in [0.25, 0.3) is 0 Å². The molecule has 2 aromatic carbocycles. The Kier molecular flexibility index (Phi) is 8.55. The van der Waals surface area contributed by atoms with E-state index in [2.05, 4.69) is 0 Å². The minimum atomic E-state index is -0.507. The van der Waals surface area contributed by atoms with Crippen LogP contribution in [-0.2, 0) is 14.3 Å². The Morgan fingerprint density at radius 2 is 1.55 bits per heavy atom. The third-order valence-corrected chi connectivity index (χ3v) is 4.57. The van der Waals surface area contributed by atoms with E-state index in [9.17, 15) is 14.4 Å². The molecule has 0 fully saturated rings. The number of carbonyl (C=O) groups is 3. The van der Waals surface area contributed by atoms with Gasteiger partial charge in [-0.1, -0.05) is 44.2 Å². The van der Waals surface area contributed by atoms with Gasteiger partial charge in [0.15, 0.2) is 5.78 Å². The highest BCUT2D eigenvalue weighted by atomic mass is 16.5. The second kappa shape index (κ2) is 11.1. The summed E-state index contributed by atoms with van der Waals surface area (Å²) in [5.74, 6) is -1.60. The normalized spacial score (nSPS) is 12.7. The molecule has 154 valence electrons. The second-order valence-corrected chi connectivity index (χ2v) is 6.77. The number of hydrogen-bond acceptors (Lipinski definition) is 6. The summed E-state index contributed by atoms with van der Waals surface area (Å²) < 4.78 is 10.3. The summed E-state index contributed by atoms with van der Waals surface area (Å²) in [6.07, 6.45) is 0.822. The molecular formula is C23H26O6. The largest absolute Gasteiger partial charge is 0.463 e. The lowest BCUT2D eigenvalue weighted by molar-refractivity contribution is -0.151. The number of esters is 2. The highest BCUT2D eigenvalue weighted by molar-refractivity contribution is 6.09. The van der Waals surface area contributed by atoms with Crippen LogP contribution in [0.3, 0.4) is 0 Å². The standard InChI is InChI=1S/C23H26O6/c1-3-17(23(27)28-14-13-24)15-16(2)22(26)29-20-11-9-19(10-12-20)21(25)18-7-5-4-6-8-18/h4-12,16-17,24H,3,13-15H2,1-2H3. The van der Waals surface area contributed by atoms with Gasteiger partial charge in [0, 0.05) is 11.1 Å². The lowest BCUT2D eigenvalue weighted by Gasteiger charge is -2.17. The van der Waals surface area contributed by atoms with E-state index in [0.717, 1.165) is 0 Å². The van der Waals surface area contributed by atoms with Gasteiger partial charge in [0.2, 0.25) is 0 Å². The van der Waals surface area contributed by atoms with Crippen LogP contribution in [0.25, 0.3) is 0 Å². The van der Waals surface area contributed by atoms with Gasteiger partial charge >= 0.3 is 11.9 Å². The zero-order chi connectivity index (χ0) is 21.2. The number of rotatable bonds is 10. The predicted molar refractivity (Wildman–Crippen MR) is 108 cm³/mol. The molecule has 1 N–H and O–H groups in total. The highest BCUT2D eigenvalue weighted by Gasteiger charge is 2.25. The van der Waals surface area contributed by atoms with Crippen molar-refractivity contribution < 1.29 is 29.0 Å². The summed E-state index contributed by atoms with van der Waals surface area (Å²) in [6, 6.07) is 15.3. The number of ether oxygens (including phenoxy) is 2. The van der Waals surface area contributed by atoms with Gasteiger partial charge < -0.3 is 14.6 Å². The Labute approximate surface area is 170 Å². The fourth-order valence-corrected chi connectivity index (χ4v) is 2.86. The van der Waals surface area contributed by atoms with E-state index in [4.69, 9.17) is 14.6 Å². The fraction of sp³-hybridized carbons (Fsp3) is 0.348. The van der Waals surface area contributed by atoms with Crippen molar-refractivity contribution in [1.82, 2.24) is 0 Å². The number of aliphatic hydroxyl groups is 1. The van der Waals surface area contributed by atoms with Crippen LogP contribution in [0.4, 0.5) is 0 Å². The number of carbonyl (C=O) groups excluding carboxylic acids is 3. The second-order valence-electron chi connectivity index (χ2n) is 6.77. The smallest absolute Gasteiger partial charge is 0.314 e. The minimum Gasteiger partial charge on any atom is -0.463 e. The Bertz CT molecular complexity index is 813. The molecule has 0 aliphatic rings. The first-order chi connectivity index (χ1) is 14.0. The van der Waals surface area contributed by atoms with Gasteiger partial charge in [-0.3, -0.25) is 14.4 Å². The van der Waals surface area contributed by atoms with Gasteiger partial charge in [-0.05, 0) is 37.1 Å². The first-order valence-corrected chi connectivity index (χ1v) is 9.65. The molecule has 0 amide bonds. The average Bonchev–Trinajstić information content (AvgIpc) is 2.76.